The topological polar surface area (TPSA) is 26.3 Å². The highest BCUT2D eigenvalue weighted by molar-refractivity contribution is 6.36. The van der Waals surface area contributed by atoms with Gasteiger partial charge in [-0.05, 0) is 13.0 Å². The third kappa shape index (κ3) is 1.88. The molecule has 1 aromatic carbocycles. The number of rotatable bonds is 2. The van der Waals surface area contributed by atoms with Crippen molar-refractivity contribution in [2.45, 2.75) is 6.92 Å². The normalized spacial score (nSPS) is 9.42. The number of carbonyl (C=O) groups excluding carboxylic acids is 1. The molecule has 0 unspecified atom stereocenters. The van der Waals surface area contributed by atoms with Gasteiger partial charge in [0.15, 0.2) is 0 Å². The Bertz CT molecular complexity index is 284. The first-order valence-electron chi connectivity index (χ1n) is 3.98. The van der Waals surface area contributed by atoms with Crippen LogP contribution >= 0.6 is 0 Å². The van der Waals surface area contributed by atoms with Crippen LogP contribution in [0.25, 0.3) is 0 Å². The molecule has 0 aromatic heterocycles. The van der Waals surface area contributed by atoms with E-state index in [0.717, 1.165) is 5.46 Å². The molecule has 62 valence electrons. The fourth-order valence-electron chi connectivity index (χ4n) is 1.01. The minimum Gasteiger partial charge on any atom is -0.462 e. The number of hydrogen-bond acceptors (Lipinski definition) is 2. The van der Waals surface area contributed by atoms with Crippen molar-refractivity contribution in [3.05, 3.63) is 29.8 Å². The smallest absolute Gasteiger partial charge is 0.337 e. The monoisotopic (exact) mass is 162 g/mol. The van der Waals surface area contributed by atoms with E-state index in [1.807, 2.05) is 26.0 Å². The number of benzene rings is 1. The molecule has 1 rings (SSSR count). The summed E-state index contributed by atoms with van der Waals surface area (Å²) in [7, 11) is 1.90. The fourth-order valence-corrected chi connectivity index (χ4v) is 1.01. The van der Waals surface area contributed by atoms with Crippen molar-refractivity contribution in [1.29, 1.82) is 0 Å². The molecule has 0 amide bonds. The number of hydrogen-bond donors (Lipinski definition) is 0. The Balaban J connectivity index is 2.87. The zero-order valence-electron chi connectivity index (χ0n) is 7.33. The van der Waals surface area contributed by atoms with Crippen molar-refractivity contribution in [3.8, 4) is 0 Å². The minimum atomic E-state index is -0.240. The molecule has 0 atom stereocenters. The maximum Gasteiger partial charge on any atom is 0.337 e. The van der Waals surface area contributed by atoms with Gasteiger partial charge in [-0.3, -0.25) is 0 Å². The van der Waals surface area contributed by atoms with E-state index in [9.17, 15) is 4.79 Å². The van der Waals surface area contributed by atoms with E-state index in [2.05, 4.69) is 0 Å². The fraction of sp³-hybridized carbons (Fsp3) is 0.222. The first-order valence-corrected chi connectivity index (χ1v) is 3.98. The van der Waals surface area contributed by atoms with Crippen LogP contribution in [0.5, 0.6) is 0 Å². The van der Waals surface area contributed by atoms with Crippen molar-refractivity contribution in [2.75, 3.05) is 6.61 Å². The van der Waals surface area contributed by atoms with Gasteiger partial charge in [0.05, 0.1) is 12.2 Å². The van der Waals surface area contributed by atoms with Gasteiger partial charge in [0.2, 0.25) is 0 Å². The van der Waals surface area contributed by atoms with Crippen molar-refractivity contribution in [2.24, 2.45) is 0 Å². The van der Waals surface area contributed by atoms with Crippen LogP contribution in [0, 0.1) is 0 Å². The lowest BCUT2D eigenvalue weighted by molar-refractivity contribution is 0.0528. The zero-order valence-corrected chi connectivity index (χ0v) is 7.33. The van der Waals surface area contributed by atoms with Gasteiger partial charge < -0.3 is 4.74 Å². The molecule has 0 aliphatic rings. The highest BCUT2D eigenvalue weighted by atomic mass is 16.5. The van der Waals surface area contributed by atoms with Crippen LogP contribution in [-0.2, 0) is 4.74 Å². The third-order valence-electron chi connectivity index (χ3n) is 1.64. The van der Waals surface area contributed by atoms with E-state index in [0.29, 0.717) is 12.2 Å². The molecular weight excluding hydrogens is 151 g/mol. The molecule has 0 heterocycles. The molecule has 0 radical (unpaired) electrons. The van der Waals surface area contributed by atoms with Gasteiger partial charge >= 0.3 is 5.97 Å². The highest BCUT2D eigenvalue weighted by Crippen LogP contribution is 1.97. The zero-order chi connectivity index (χ0) is 8.97. The van der Waals surface area contributed by atoms with Gasteiger partial charge in [0, 0.05) is 0 Å². The molecule has 3 heteroatoms. The van der Waals surface area contributed by atoms with Crippen molar-refractivity contribution in [1.82, 2.24) is 0 Å². The van der Waals surface area contributed by atoms with E-state index < -0.39 is 0 Å². The molecule has 0 saturated heterocycles. The Kier molecular flexibility index (Phi) is 2.91. The van der Waals surface area contributed by atoms with Crippen LogP contribution in [0.15, 0.2) is 24.3 Å². The molecule has 0 fully saturated rings. The maximum absolute atomic E-state index is 11.2. The lowest BCUT2D eigenvalue weighted by Gasteiger charge is -2.03. The minimum absolute atomic E-state index is 0.240. The Labute approximate surface area is 73.0 Å². The summed E-state index contributed by atoms with van der Waals surface area (Å²) in [5.74, 6) is -0.240. The highest BCUT2D eigenvalue weighted by Gasteiger charge is 2.07. The Morgan fingerprint density at radius 2 is 2.17 bits per heavy atom. The van der Waals surface area contributed by atoms with E-state index in [4.69, 9.17) is 4.74 Å². The molecule has 0 aliphatic heterocycles. The Hall–Kier alpha value is -1.25. The van der Waals surface area contributed by atoms with Gasteiger partial charge in [-0.2, -0.15) is 0 Å². The standard InChI is InChI=1S/C9H11BO2/c1-2-12-9(11)7-5-3-4-6-8(7)10/h3-6H,2,10H2,1H3. The largest absolute Gasteiger partial charge is 0.462 e. The molecule has 0 spiro atoms. The number of esters is 1. The quantitative estimate of drug-likeness (QED) is 0.456. The summed E-state index contributed by atoms with van der Waals surface area (Å²) in [6.45, 7) is 2.23. The maximum atomic E-state index is 11.2. The summed E-state index contributed by atoms with van der Waals surface area (Å²) in [5.41, 5.74) is 1.61. The summed E-state index contributed by atoms with van der Waals surface area (Å²) < 4.78 is 4.87. The number of ether oxygens (including phenoxy) is 1. The van der Waals surface area contributed by atoms with E-state index in [-0.39, 0.29) is 5.97 Å². The average Bonchev–Trinajstić information content (AvgIpc) is 2.05. The van der Waals surface area contributed by atoms with Crippen molar-refractivity contribution >= 4 is 19.3 Å². The van der Waals surface area contributed by atoms with Crippen molar-refractivity contribution in [3.63, 3.8) is 0 Å². The van der Waals surface area contributed by atoms with Crippen LogP contribution in [-0.4, -0.2) is 20.4 Å². The summed E-state index contributed by atoms with van der Waals surface area (Å²) in [6, 6.07) is 7.40. The molecule has 0 saturated carbocycles. The molecule has 1 aromatic rings. The van der Waals surface area contributed by atoms with E-state index >= 15 is 0 Å². The van der Waals surface area contributed by atoms with Crippen LogP contribution in [0.3, 0.4) is 0 Å². The second kappa shape index (κ2) is 3.95. The first kappa shape index (κ1) is 8.85. The Morgan fingerprint density at radius 3 is 2.75 bits per heavy atom. The number of carbonyl (C=O) groups is 1. The van der Waals surface area contributed by atoms with Crippen LogP contribution in [0.1, 0.15) is 17.3 Å². The Morgan fingerprint density at radius 1 is 1.50 bits per heavy atom. The molecule has 0 aliphatic carbocycles. The summed E-state index contributed by atoms with van der Waals surface area (Å²) >= 11 is 0. The van der Waals surface area contributed by atoms with Gasteiger partial charge in [-0.25, -0.2) is 4.79 Å². The van der Waals surface area contributed by atoms with Gasteiger partial charge in [-0.1, -0.05) is 23.7 Å². The predicted octanol–water partition coefficient (Wildman–Crippen LogP) is 0.122. The molecule has 0 bridgehead atoms. The lowest BCUT2D eigenvalue weighted by atomic mass is 9.91. The summed E-state index contributed by atoms with van der Waals surface area (Å²) in [6.07, 6.45) is 0. The predicted molar refractivity (Wildman–Crippen MR) is 50.6 cm³/mol. The van der Waals surface area contributed by atoms with Crippen molar-refractivity contribution < 1.29 is 9.53 Å². The van der Waals surface area contributed by atoms with Crippen LogP contribution in [0.4, 0.5) is 0 Å². The first-order chi connectivity index (χ1) is 5.75. The second-order valence-corrected chi connectivity index (χ2v) is 2.54. The van der Waals surface area contributed by atoms with Crippen LogP contribution < -0.4 is 5.46 Å². The summed E-state index contributed by atoms with van der Waals surface area (Å²) in [4.78, 5) is 11.2. The van der Waals surface area contributed by atoms with E-state index in [1.165, 1.54) is 0 Å². The van der Waals surface area contributed by atoms with Gasteiger partial charge in [0.25, 0.3) is 0 Å². The molecule has 12 heavy (non-hydrogen) atoms. The third-order valence-corrected chi connectivity index (χ3v) is 1.64. The molecule has 0 N–H and O–H groups in total. The molecular formula is C9H11BO2. The second-order valence-electron chi connectivity index (χ2n) is 2.54. The van der Waals surface area contributed by atoms with Crippen LogP contribution in [0.2, 0.25) is 0 Å². The van der Waals surface area contributed by atoms with E-state index in [1.54, 1.807) is 13.0 Å². The summed E-state index contributed by atoms with van der Waals surface area (Å²) in [5, 5.41) is 0. The molecule has 2 nitrogen and oxygen atoms in total. The lowest BCUT2D eigenvalue weighted by Crippen LogP contribution is -2.17. The average molecular weight is 162 g/mol. The SMILES string of the molecule is Bc1ccccc1C(=O)OCC. The van der Waals surface area contributed by atoms with Gasteiger partial charge in [-0.15, -0.1) is 0 Å². The van der Waals surface area contributed by atoms with Gasteiger partial charge in [0.1, 0.15) is 7.85 Å².